The normalized spacial score (nSPS) is 11.6. The van der Waals surface area contributed by atoms with Crippen LogP contribution in [-0.2, 0) is 0 Å². The number of aromatic hydroxyl groups is 23. The average Bonchev–Trinajstić information content (AvgIpc) is 3.41. The zero-order chi connectivity index (χ0) is 54.4. The highest BCUT2D eigenvalue weighted by Crippen LogP contribution is 2.70. The molecular formula is C52H34O23. The van der Waals surface area contributed by atoms with Gasteiger partial charge in [0.2, 0.25) is 40.2 Å². The molecule has 10 aromatic carbocycles. The number of hydrogen-bond donors (Lipinski definition) is 23. The van der Waals surface area contributed by atoms with Crippen LogP contribution in [0.4, 0.5) is 0 Å². The van der Waals surface area contributed by atoms with Crippen LogP contribution in [-0.4, -0.2) is 117 Å². The zero-order valence-corrected chi connectivity index (χ0v) is 37.1. The van der Waals surface area contributed by atoms with E-state index in [9.17, 15) is 117 Å². The van der Waals surface area contributed by atoms with Gasteiger partial charge in [-0.3, -0.25) is 0 Å². The van der Waals surface area contributed by atoms with Gasteiger partial charge >= 0.3 is 0 Å². The Labute approximate surface area is 414 Å². The van der Waals surface area contributed by atoms with Crippen LogP contribution in [0.25, 0.3) is 98.7 Å². The van der Waals surface area contributed by atoms with Gasteiger partial charge in [-0.2, -0.15) is 0 Å². The Kier molecular flexibility index (Phi) is 9.98. The number of rotatable bonds is 5. The van der Waals surface area contributed by atoms with Crippen molar-refractivity contribution >= 4 is 43.1 Å². The van der Waals surface area contributed by atoms with Gasteiger partial charge in [0.15, 0.2) is 92.0 Å². The van der Waals surface area contributed by atoms with Crippen molar-refractivity contribution in [3.63, 3.8) is 0 Å². The van der Waals surface area contributed by atoms with E-state index >= 15 is 0 Å². The molecular weight excluding hydrogens is 993 g/mol. The summed E-state index contributed by atoms with van der Waals surface area (Å²) in [5.74, 6) is -37.3. The van der Waals surface area contributed by atoms with Gasteiger partial charge in [0.1, 0.15) is 0 Å². The van der Waals surface area contributed by atoms with Crippen LogP contribution in [0.1, 0.15) is 0 Å². The molecule has 0 unspecified atom stereocenters. The van der Waals surface area contributed by atoms with Crippen LogP contribution in [0.3, 0.4) is 0 Å². The monoisotopic (exact) mass is 1030 g/mol. The Morgan fingerprint density at radius 3 is 0.813 bits per heavy atom. The lowest BCUT2D eigenvalue weighted by Crippen LogP contribution is -1.97. The summed E-state index contributed by atoms with van der Waals surface area (Å²) >= 11 is 0. The van der Waals surface area contributed by atoms with Gasteiger partial charge in [0.05, 0.1) is 27.6 Å². The lowest BCUT2D eigenvalue weighted by Gasteiger charge is -2.25. The summed E-state index contributed by atoms with van der Waals surface area (Å²) in [6, 6.07) is 18.3. The topological polar surface area (TPSA) is 465 Å². The number of phenols is 23. The number of phenolic OH excluding ortho intramolecular Hbond substituents is 23. The lowest BCUT2D eigenvalue weighted by molar-refractivity contribution is 0.346. The molecule has 380 valence electrons. The second kappa shape index (κ2) is 15.8. The Hall–Kier alpha value is -11.4. The van der Waals surface area contributed by atoms with E-state index < -0.39 is 204 Å². The molecule has 23 nitrogen and oxygen atoms in total. The first-order chi connectivity index (χ1) is 35.4. The average molecular weight is 1030 g/mol. The minimum absolute atomic E-state index is 0.0445. The van der Waals surface area contributed by atoms with Gasteiger partial charge in [-0.25, -0.2) is 0 Å². The summed E-state index contributed by atoms with van der Waals surface area (Å²) < 4.78 is 0. The van der Waals surface area contributed by atoms with Gasteiger partial charge in [-0.1, -0.05) is 66.7 Å². The molecule has 0 fully saturated rings. The first-order valence-electron chi connectivity index (χ1n) is 21.3. The maximum absolute atomic E-state index is 12.1. The summed E-state index contributed by atoms with van der Waals surface area (Å²) in [6.45, 7) is 0. The molecule has 0 aliphatic carbocycles. The molecule has 0 atom stereocenters. The Morgan fingerprint density at radius 1 is 0.160 bits per heavy atom. The molecule has 0 radical (unpaired) electrons. The van der Waals surface area contributed by atoms with E-state index in [-0.39, 0.29) is 5.56 Å². The smallest absolute Gasteiger partial charge is 0.205 e. The SMILES string of the molecule is Oc1c(O)c(-c2c3c(O)c(O)c(O)c(O)c3c(-c3c(O)c(O)c(-c4c(O)c(O)c(O)c5c(O)c(O)c(O)c(O)c45)c(O)c3O)c3c(O)c(O)c(O)c(O)c23)c(O)c(O)c1-c1ccccc1-c1cccc2ccccc12. The maximum Gasteiger partial charge on any atom is 0.205 e. The molecule has 0 spiro atoms. The van der Waals surface area contributed by atoms with E-state index in [1.807, 2.05) is 0 Å². The van der Waals surface area contributed by atoms with E-state index in [1.165, 1.54) is 12.1 Å². The van der Waals surface area contributed by atoms with Crippen molar-refractivity contribution in [1.29, 1.82) is 0 Å². The molecule has 10 aromatic rings. The molecule has 75 heavy (non-hydrogen) atoms. The van der Waals surface area contributed by atoms with Crippen molar-refractivity contribution in [2.45, 2.75) is 0 Å². The van der Waals surface area contributed by atoms with Crippen molar-refractivity contribution in [3.8, 4) is 188 Å². The second-order valence-electron chi connectivity index (χ2n) is 17.0. The van der Waals surface area contributed by atoms with Crippen LogP contribution < -0.4 is 0 Å². The molecule has 0 saturated carbocycles. The zero-order valence-electron chi connectivity index (χ0n) is 37.1. The number of hydrogen-bond acceptors (Lipinski definition) is 23. The molecule has 23 N–H and O–H groups in total. The van der Waals surface area contributed by atoms with Crippen molar-refractivity contribution in [2.24, 2.45) is 0 Å². The molecule has 0 aromatic heterocycles. The van der Waals surface area contributed by atoms with E-state index in [0.29, 0.717) is 16.5 Å². The maximum atomic E-state index is 12.1. The first kappa shape index (κ1) is 47.3. The Balaban J connectivity index is 1.37. The van der Waals surface area contributed by atoms with Crippen molar-refractivity contribution in [3.05, 3.63) is 66.7 Å². The van der Waals surface area contributed by atoms with Crippen LogP contribution in [0.5, 0.6) is 132 Å². The Bertz CT molecular complexity index is 4130. The minimum Gasteiger partial charge on any atom is -0.504 e. The quantitative estimate of drug-likeness (QED) is 0.0443. The summed E-state index contributed by atoms with van der Waals surface area (Å²) in [6.07, 6.45) is 0. The lowest BCUT2D eigenvalue weighted by atomic mass is 9.81. The second-order valence-corrected chi connectivity index (χ2v) is 17.0. The van der Waals surface area contributed by atoms with E-state index in [0.717, 1.165) is 5.39 Å². The summed E-state index contributed by atoms with van der Waals surface area (Å²) in [4.78, 5) is 0. The highest BCUT2D eigenvalue weighted by molar-refractivity contribution is 6.31. The Morgan fingerprint density at radius 2 is 0.413 bits per heavy atom. The predicted molar refractivity (Wildman–Crippen MR) is 262 cm³/mol. The van der Waals surface area contributed by atoms with Crippen LogP contribution in [0.15, 0.2) is 66.7 Å². The molecule has 0 aliphatic heterocycles. The van der Waals surface area contributed by atoms with Gasteiger partial charge < -0.3 is 117 Å². The summed E-state index contributed by atoms with van der Waals surface area (Å²) in [5, 5.41) is 255. The van der Waals surface area contributed by atoms with E-state index in [4.69, 9.17) is 0 Å². The molecule has 0 amide bonds. The third-order valence-electron chi connectivity index (χ3n) is 13.2. The molecule has 0 heterocycles. The van der Waals surface area contributed by atoms with Gasteiger partial charge in [-0.05, 0) is 27.5 Å². The fraction of sp³-hybridized carbons (Fsp3) is 0. The minimum atomic E-state index is -1.84. The third-order valence-corrected chi connectivity index (χ3v) is 13.2. The number of benzene rings is 10. The van der Waals surface area contributed by atoms with Crippen molar-refractivity contribution < 1.29 is 117 Å². The number of fused-ring (bicyclic) bond motifs is 4. The molecule has 0 aliphatic rings. The summed E-state index contributed by atoms with van der Waals surface area (Å²) in [7, 11) is 0. The summed E-state index contributed by atoms with van der Waals surface area (Å²) in [5.41, 5.74) is -8.20. The standard InChI is InChI=1S/C52H34O23/c53-30-17(16-10-4-3-9-15(16)14-11-5-7-12-6-1-2-8-13(12)14)31(54)39(62)26(38(30)61)18-20-22(34(57)49(72)47(70)32(20)55)19(23-21(18)33(56)48(71)50(73)35(23)58)27-40(63)42(65)28(43(66)41(27)64)24-25-29(44(67)46(69)36(24)59)45(68)52(75)51(74)37(25)60/h1-11,53-75H. The highest BCUT2D eigenvalue weighted by Gasteiger charge is 2.40. The van der Waals surface area contributed by atoms with E-state index in [1.54, 1.807) is 54.6 Å². The van der Waals surface area contributed by atoms with Gasteiger partial charge in [0.25, 0.3) is 0 Å². The third kappa shape index (κ3) is 5.96. The van der Waals surface area contributed by atoms with Crippen molar-refractivity contribution in [2.75, 3.05) is 0 Å². The van der Waals surface area contributed by atoms with Crippen LogP contribution in [0.2, 0.25) is 0 Å². The van der Waals surface area contributed by atoms with Gasteiger partial charge in [-0.15, -0.1) is 0 Å². The van der Waals surface area contributed by atoms with Crippen LogP contribution >= 0.6 is 0 Å². The first-order valence-corrected chi connectivity index (χ1v) is 21.3. The molecule has 0 saturated heterocycles. The fourth-order valence-electron chi connectivity index (χ4n) is 9.76. The van der Waals surface area contributed by atoms with Gasteiger partial charge in [0, 0.05) is 43.6 Å². The predicted octanol–water partition coefficient (Wildman–Crippen LogP) is 7.86. The fourth-order valence-corrected chi connectivity index (χ4v) is 9.76. The molecule has 10 rings (SSSR count). The van der Waals surface area contributed by atoms with E-state index in [2.05, 4.69) is 0 Å². The van der Waals surface area contributed by atoms with Crippen molar-refractivity contribution in [1.82, 2.24) is 0 Å². The molecule has 0 bridgehead atoms. The highest BCUT2D eigenvalue weighted by atomic mass is 16.4. The molecule has 23 heteroatoms. The van der Waals surface area contributed by atoms with Crippen LogP contribution in [0, 0.1) is 0 Å². The largest absolute Gasteiger partial charge is 0.504 e.